The minimum absolute atomic E-state index is 0.388. The number of fused-ring (bicyclic) bond motifs is 1. The Morgan fingerprint density at radius 2 is 2.00 bits per heavy atom. The molecule has 1 nitrogen and oxygen atoms in total. The lowest BCUT2D eigenvalue weighted by atomic mass is 9.85. The summed E-state index contributed by atoms with van der Waals surface area (Å²) in [5.41, 5.74) is 4.77. The highest BCUT2D eigenvalue weighted by atomic mass is 14.9. The largest absolute Gasteiger partial charge is 0.312 e. The Morgan fingerprint density at radius 3 is 2.79 bits per heavy atom. The maximum Gasteiger partial charge on any atom is 0.0208 e. The average molecular weight is 189 g/mol. The minimum atomic E-state index is 0.388. The van der Waals surface area contributed by atoms with Gasteiger partial charge in [0.15, 0.2) is 0 Å². The normalized spacial score (nSPS) is 19.9. The first-order chi connectivity index (χ1) is 6.57. The summed E-state index contributed by atoms with van der Waals surface area (Å²) in [6.45, 7) is 8.97. The van der Waals surface area contributed by atoms with Gasteiger partial charge in [0.2, 0.25) is 0 Å². The molecular weight excluding hydrogens is 170 g/mol. The summed E-state index contributed by atoms with van der Waals surface area (Å²) >= 11 is 0. The first-order valence-corrected chi connectivity index (χ1v) is 5.36. The van der Waals surface area contributed by atoms with Gasteiger partial charge in [0.1, 0.15) is 0 Å². The quantitative estimate of drug-likeness (QED) is 0.661. The fraction of sp³-hybridized carbons (Fsp3) is 0.538. The van der Waals surface area contributed by atoms with Crippen molar-refractivity contribution in [1.29, 1.82) is 0 Å². The Morgan fingerprint density at radius 1 is 1.21 bits per heavy atom. The Balaban J connectivity index is 2.38. The second-order valence-corrected chi connectivity index (χ2v) is 5.22. The molecule has 0 bridgehead atoms. The number of hydrogen-bond donors (Lipinski definition) is 1. The number of hydrogen-bond acceptors (Lipinski definition) is 1. The summed E-state index contributed by atoms with van der Waals surface area (Å²) in [4.78, 5) is 0. The van der Waals surface area contributed by atoms with Crippen molar-refractivity contribution in [2.24, 2.45) is 5.41 Å². The van der Waals surface area contributed by atoms with Crippen LogP contribution in [0.15, 0.2) is 18.2 Å². The van der Waals surface area contributed by atoms with Gasteiger partial charge in [-0.3, -0.25) is 0 Å². The fourth-order valence-corrected chi connectivity index (χ4v) is 2.21. The predicted octanol–water partition coefficient (Wildman–Crippen LogP) is 2.67. The molecule has 1 aliphatic heterocycles. The Kier molecular flexibility index (Phi) is 2.36. The number of benzene rings is 1. The molecular formula is C13H19N. The zero-order valence-corrected chi connectivity index (χ0v) is 9.35. The van der Waals surface area contributed by atoms with Crippen LogP contribution in [-0.4, -0.2) is 6.54 Å². The zero-order chi connectivity index (χ0) is 10.2. The van der Waals surface area contributed by atoms with Crippen molar-refractivity contribution in [3.8, 4) is 0 Å². The lowest BCUT2D eigenvalue weighted by molar-refractivity contribution is 0.349. The van der Waals surface area contributed by atoms with E-state index in [1.807, 2.05) is 0 Å². The monoisotopic (exact) mass is 189 g/mol. The molecule has 0 unspecified atom stereocenters. The number of rotatable bonds is 0. The van der Waals surface area contributed by atoms with Gasteiger partial charge in [-0.05, 0) is 29.9 Å². The number of nitrogens with one attached hydrogen (secondary N) is 1. The Hall–Kier alpha value is -0.820. The van der Waals surface area contributed by atoms with Crippen molar-refractivity contribution in [2.75, 3.05) is 6.54 Å². The van der Waals surface area contributed by atoms with Crippen molar-refractivity contribution in [2.45, 2.75) is 33.7 Å². The van der Waals surface area contributed by atoms with Gasteiger partial charge in [-0.1, -0.05) is 37.6 Å². The summed E-state index contributed by atoms with van der Waals surface area (Å²) in [7, 11) is 0. The fourth-order valence-electron chi connectivity index (χ4n) is 2.21. The minimum Gasteiger partial charge on any atom is -0.312 e. The molecule has 0 amide bonds. The van der Waals surface area contributed by atoms with Gasteiger partial charge in [-0.2, -0.15) is 0 Å². The van der Waals surface area contributed by atoms with Crippen molar-refractivity contribution < 1.29 is 0 Å². The average Bonchev–Trinajstić information content (AvgIpc) is 2.21. The lowest BCUT2D eigenvalue weighted by Gasteiger charge is -2.22. The molecule has 0 fully saturated rings. The van der Waals surface area contributed by atoms with Gasteiger partial charge in [-0.15, -0.1) is 0 Å². The van der Waals surface area contributed by atoms with Crippen molar-refractivity contribution in [3.05, 3.63) is 34.9 Å². The van der Waals surface area contributed by atoms with Gasteiger partial charge < -0.3 is 5.32 Å². The molecule has 1 aliphatic rings. The van der Waals surface area contributed by atoms with Crippen LogP contribution in [0.5, 0.6) is 0 Å². The molecule has 0 saturated heterocycles. The highest BCUT2D eigenvalue weighted by Gasteiger charge is 2.22. The first-order valence-electron chi connectivity index (χ1n) is 5.36. The van der Waals surface area contributed by atoms with E-state index in [4.69, 9.17) is 0 Å². The molecule has 0 aromatic heterocycles. The molecule has 1 heterocycles. The topological polar surface area (TPSA) is 12.0 Å². The number of aryl methyl sites for hydroxylation is 1. The third-order valence-corrected chi connectivity index (χ3v) is 2.95. The molecule has 2 rings (SSSR count). The predicted molar refractivity (Wildman–Crippen MR) is 60.4 cm³/mol. The second kappa shape index (κ2) is 3.39. The van der Waals surface area contributed by atoms with E-state index < -0.39 is 0 Å². The molecule has 76 valence electrons. The van der Waals surface area contributed by atoms with Gasteiger partial charge in [0, 0.05) is 13.1 Å². The zero-order valence-electron chi connectivity index (χ0n) is 9.35. The molecule has 0 saturated carbocycles. The molecule has 1 aromatic carbocycles. The molecule has 0 aliphatic carbocycles. The Bertz CT molecular complexity index is 339. The smallest absolute Gasteiger partial charge is 0.0208 e. The molecule has 0 atom stereocenters. The molecule has 1 N–H and O–H groups in total. The highest BCUT2D eigenvalue weighted by Crippen LogP contribution is 2.26. The van der Waals surface area contributed by atoms with Crippen LogP contribution in [0.2, 0.25) is 0 Å². The Labute approximate surface area is 86.5 Å². The standard InChI is InChI=1S/C13H19N/c1-10-4-5-11-8-14-9-13(2,3)7-12(11)6-10/h4-6,14H,7-9H2,1-3H3. The van der Waals surface area contributed by atoms with Gasteiger partial charge in [-0.25, -0.2) is 0 Å². The van der Waals surface area contributed by atoms with E-state index in [1.54, 1.807) is 0 Å². The van der Waals surface area contributed by atoms with E-state index in [0.29, 0.717) is 5.41 Å². The summed E-state index contributed by atoms with van der Waals surface area (Å²) in [6, 6.07) is 6.81. The highest BCUT2D eigenvalue weighted by molar-refractivity contribution is 5.33. The molecule has 0 radical (unpaired) electrons. The summed E-state index contributed by atoms with van der Waals surface area (Å²) in [6.07, 6.45) is 1.19. The van der Waals surface area contributed by atoms with E-state index >= 15 is 0 Å². The van der Waals surface area contributed by atoms with E-state index in [2.05, 4.69) is 44.3 Å². The maximum atomic E-state index is 3.51. The van der Waals surface area contributed by atoms with Gasteiger partial charge in [0.25, 0.3) is 0 Å². The maximum absolute atomic E-state index is 3.51. The van der Waals surface area contributed by atoms with Gasteiger partial charge >= 0.3 is 0 Å². The third-order valence-electron chi connectivity index (χ3n) is 2.95. The summed E-state index contributed by atoms with van der Waals surface area (Å²) < 4.78 is 0. The van der Waals surface area contributed by atoms with Crippen LogP contribution in [0.3, 0.4) is 0 Å². The van der Waals surface area contributed by atoms with Crippen LogP contribution in [-0.2, 0) is 13.0 Å². The van der Waals surface area contributed by atoms with E-state index in [9.17, 15) is 0 Å². The van der Waals surface area contributed by atoms with Crippen LogP contribution in [0.1, 0.15) is 30.5 Å². The van der Waals surface area contributed by atoms with E-state index in [1.165, 1.54) is 23.1 Å². The van der Waals surface area contributed by atoms with E-state index in [-0.39, 0.29) is 0 Å². The molecule has 14 heavy (non-hydrogen) atoms. The lowest BCUT2D eigenvalue weighted by Crippen LogP contribution is -2.27. The van der Waals surface area contributed by atoms with Crippen LogP contribution >= 0.6 is 0 Å². The van der Waals surface area contributed by atoms with Crippen LogP contribution in [0, 0.1) is 12.3 Å². The van der Waals surface area contributed by atoms with Crippen molar-refractivity contribution in [1.82, 2.24) is 5.32 Å². The van der Waals surface area contributed by atoms with Crippen molar-refractivity contribution >= 4 is 0 Å². The van der Waals surface area contributed by atoms with Crippen LogP contribution in [0.25, 0.3) is 0 Å². The molecule has 0 spiro atoms. The molecule has 1 aromatic rings. The van der Waals surface area contributed by atoms with Gasteiger partial charge in [0.05, 0.1) is 0 Å². The third kappa shape index (κ3) is 1.98. The van der Waals surface area contributed by atoms with Crippen molar-refractivity contribution in [3.63, 3.8) is 0 Å². The van der Waals surface area contributed by atoms with Crippen LogP contribution in [0.4, 0.5) is 0 Å². The van der Waals surface area contributed by atoms with Crippen LogP contribution < -0.4 is 5.32 Å². The molecule has 1 heteroatoms. The summed E-state index contributed by atoms with van der Waals surface area (Å²) in [5.74, 6) is 0. The summed E-state index contributed by atoms with van der Waals surface area (Å²) in [5, 5.41) is 3.51. The SMILES string of the molecule is Cc1ccc2c(c1)CC(C)(C)CNC2. The second-order valence-electron chi connectivity index (χ2n) is 5.22. The van der Waals surface area contributed by atoms with E-state index in [0.717, 1.165) is 13.1 Å². The first kappa shape index (κ1) is 9.72.